The number of hydrogen-bond donors (Lipinski definition) is 2. The van der Waals surface area contributed by atoms with Gasteiger partial charge in [-0.15, -0.1) is 16.4 Å². The summed E-state index contributed by atoms with van der Waals surface area (Å²) < 4.78 is 1.73. The molecule has 2 aromatic heterocycles. The monoisotopic (exact) mass is 382 g/mol. The van der Waals surface area contributed by atoms with E-state index in [9.17, 15) is 4.79 Å². The molecule has 7 nitrogen and oxygen atoms in total. The SMILES string of the molecule is O=C(NCCN1CCNCC1)c1nc(-c2cccs2)n(-c2ccccc2)n1. The van der Waals surface area contributed by atoms with Crippen molar-refractivity contribution in [3.05, 3.63) is 53.7 Å². The molecule has 0 spiro atoms. The summed E-state index contributed by atoms with van der Waals surface area (Å²) in [4.78, 5) is 20.4. The van der Waals surface area contributed by atoms with Gasteiger partial charge in [0, 0.05) is 39.3 Å². The van der Waals surface area contributed by atoms with Crippen LogP contribution in [0.1, 0.15) is 10.6 Å². The predicted molar refractivity (Wildman–Crippen MR) is 106 cm³/mol. The van der Waals surface area contributed by atoms with E-state index in [2.05, 4.69) is 25.6 Å². The van der Waals surface area contributed by atoms with Crippen LogP contribution in [0.2, 0.25) is 0 Å². The number of aromatic nitrogens is 3. The molecular formula is C19H22N6OS. The van der Waals surface area contributed by atoms with Crippen LogP contribution >= 0.6 is 11.3 Å². The summed E-state index contributed by atoms with van der Waals surface area (Å²) in [5, 5.41) is 12.7. The van der Waals surface area contributed by atoms with Crippen LogP contribution in [-0.2, 0) is 0 Å². The molecule has 1 fully saturated rings. The molecule has 4 rings (SSSR count). The predicted octanol–water partition coefficient (Wildman–Crippen LogP) is 1.63. The van der Waals surface area contributed by atoms with Gasteiger partial charge in [-0.3, -0.25) is 9.69 Å². The number of rotatable bonds is 6. The van der Waals surface area contributed by atoms with Crippen LogP contribution in [0.15, 0.2) is 47.8 Å². The van der Waals surface area contributed by atoms with Crippen molar-refractivity contribution in [3.8, 4) is 16.4 Å². The molecule has 27 heavy (non-hydrogen) atoms. The van der Waals surface area contributed by atoms with Gasteiger partial charge < -0.3 is 10.6 Å². The topological polar surface area (TPSA) is 75.1 Å². The van der Waals surface area contributed by atoms with Gasteiger partial charge in [0.1, 0.15) is 0 Å². The second-order valence-electron chi connectivity index (χ2n) is 6.33. The number of hydrogen-bond acceptors (Lipinski definition) is 6. The normalized spacial score (nSPS) is 15.0. The third-order valence-corrected chi connectivity index (χ3v) is 5.34. The van der Waals surface area contributed by atoms with Crippen LogP contribution < -0.4 is 10.6 Å². The Bertz CT molecular complexity index is 871. The van der Waals surface area contributed by atoms with E-state index in [1.807, 2.05) is 47.8 Å². The standard InChI is InChI=1S/C19H22N6OS/c26-19(21-10-13-24-11-8-20-9-12-24)17-22-18(16-7-4-14-27-16)25(23-17)15-5-2-1-3-6-15/h1-7,14,20H,8-13H2,(H,21,26). The zero-order valence-corrected chi connectivity index (χ0v) is 15.8. The van der Waals surface area contributed by atoms with Gasteiger partial charge in [0.2, 0.25) is 5.82 Å². The van der Waals surface area contributed by atoms with Crippen molar-refractivity contribution >= 4 is 17.2 Å². The molecule has 1 aliphatic heterocycles. The zero-order chi connectivity index (χ0) is 18.5. The van der Waals surface area contributed by atoms with Crippen molar-refractivity contribution in [2.45, 2.75) is 0 Å². The lowest BCUT2D eigenvalue weighted by molar-refractivity contribution is 0.0937. The Morgan fingerprint density at radius 3 is 2.70 bits per heavy atom. The average Bonchev–Trinajstić information content (AvgIpc) is 3.39. The molecular weight excluding hydrogens is 360 g/mol. The Labute approximate surface area is 162 Å². The molecule has 1 aromatic carbocycles. The molecule has 0 unspecified atom stereocenters. The maximum absolute atomic E-state index is 12.6. The number of piperazine rings is 1. The Hall–Kier alpha value is -2.55. The average molecular weight is 382 g/mol. The van der Waals surface area contributed by atoms with Crippen LogP contribution in [0.4, 0.5) is 0 Å². The molecule has 0 atom stereocenters. The van der Waals surface area contributed by atoms with Crippen LogP contribution in [0.25, 0.3) is 16.4 Å². The molecule has 0 bridgehead atoms. The van der Waals surface area contributed by atoms with Crippen LogP contribution in [0.5, 0.6) is 0 Å². The zero-order valence-electron chi connectivity index (χ0n) is 15.0. The molecule has 0 saturated carbocycles. The first-order valence-corrected chi connectivity index (χ1v) is 9.97. The summed E-state index contributed by atoms with van der Waals surface area (Å²) in [6.45, 7) is 5.46. The maximum Gasteiger partial charge on any atom is 0.291 e. The van der Waals surface area contributed by atoms with Crippen molar-refractivity contribution in [2.24, 2.45) is 0 Å². The van der Waals surface area contributed by atoms with Crippen molar-refractivity contribution in [3.63, 3.8) is 0 Å². The van der Waals surface area contributed by atoms with E-state index in [1.165, 1.54) is 0 Å². The maximum atomic E-state index is 12.6. The minimum Gasteiger partial charge on any atom is -0.348 e. The number of thiophene rings is 1. The minimum atomic E-state index is -0.238. The van der Waals surface area contributed by atoms with Crippen LogP contribution in [-0.4, -0.2) is 64.8 Å². The number of para-hydroxylation sites is 1. The molecule has 2 N–H and O–H groups in total. The van der Waals surface area contributed by atoms with E-state index < -0.39 is 0 Å². The van der Waals surface area contributed by atoms with Gasteiger partial charge in [-0.2, -0.15) is 0 Å². The van der Waals surface area contributed by atoms with Crippen LogP contribution in [0, 0.1) is 0 Å². The summed E-state index contributed by atoms with van der Waals surface area (Å²) in [5.74, 6) is 0.642. The van der Waals surface area contributed by atoms with Crippen molar-refractivity contribution in [1.29, 1.82) is 0 Å². The quantitative estimate of drug-likeness (QED) is 0.678. The Kier molecular flexibility index (Phi) is 5.57. The molecule has 1 aliphatic rings. The lowest BCUT2D eigenvalue weighted by Crippen LogP contribution is -2.46. The highest BCUT2D eigenvalue weighted by Gasteiger charge is 2.19. The lowest BCUT2D eigenvalue weighted by atomic mass is 10.3. The van der Waals surface area contributed by atoms with Gasteiger partial charge >= 0.3 is 0 Å². The van der Waals surface area contributed by atoms with Crippen molar-refractivity contribution in [1.82, 2.24) is 30.3 Å². The molecule has 1 saturated heterocycles. The van der Waals surface area contributed by atoms with E-state index in [4.69, 9.17) is 0 Å². The largest absolute Gasteiger partial charge is 0.348 e. The van der Waals surface area contributed by atoms with Gasteiger partial charge in [-0.25, -0.2) is 9.67 Å². The van der Waals surface area contributed by atoms with Crippen molar-refractivity contribution < 1.29 is 4.79 Å². The van der Waals surface area contributed by atoms with Crippen molar-refractivity contribution in [2.75, 3.05) is 39.3 Å². The second kappa shape index (κ2) is 8.43. The summed E-state index contributed by atoms with van der Waals surface area (Å²) in [5.41, 5.74) is 0.883. The molecule has 8 heteroatoms. The smallest absolute Gasteiger partial charge is 0.291 e. The number of carbonyl (C=O) groups is 1. The molecule has 0 radical (unpaired) electrons. The lowest BCUT2D eigenvalue weighted by Gasteiger charge is -2.26. The first kappa shape index (κ1) is 17.8. The Morgan fingerprint density at radius 1 is 1.15 bits per heavy atom. The number of nitrogens with zero attached hydrogens (tertiary/aromatic N) is 4. The van der Waals surface area contributed by atoms with E-state index in [-0.39, 0.29) is 11.7 Å². The number of amides is 1. The number of nitrogens with one attached hydrogen (secondary N) is 2. The summed E-state index contributed by atoms with van der Waals surface area (Å²) >= 11 is 1.58. The first-order chi connectivity index (χ1) is 13.3. The van der Waals surface area contributed by atoms with Gasteiger partial charge in [0.15, 0.2) is 5.82 Å². The fraction of sp³-hybridized carbons (Fsp3) is 0.316. The Balaban J connectivity index is 1.50. The van der Waals surface area contributed by atoms with Gasteiger partial charge in [-0.05, 0) is 23.6 Å². The van der Waals surface area contributed by atoms with Crippen LogP contribution in [0.3, 0.4) is 0 Å². The highest BCUT2D eigenvalue weighted by atomic mass is 32.1. The third kappa shape index (κ3) is 4.24. The van der Waals surface area contributed by atoms with E-state index in [0.717, 1.165) is 43.3 Å². The van der Waals surface area contributed by atoms with Gasteiger partial charge in [0.05, 0.1) is 10.6 Å². The van der Waals surface area contributed by atoms with E-state index in [1.54, 1.807) is 16.0 Å². The third-order valence-electron chi connectivity index (χ3n) is 4.48. The number of benzene rings is 1. The first-order valence-electron chi connectivity index (χ1n) is 9.09. The fourth-order valence-electron chi connectivity index (χ4n) is 3.06. The summed E-state index contributed by atoms with van der Waals surface area (Å²) in [7, 11) is 0. The highest BCUT2D eigenvalue weighted by molar-refractivity contribution is 7.13. The van der Waals surface area contributed by atoms with E-state index >= 15 is 0 Å². The van der Waals surface area contributed by atoms with Gasteiger partial charge in [0.25, 0.3) is 5.91 Å². The Morgan fingerprint density at radius 2 is 1.96 bits per heavy atom. The van der Waals surface area contributed by atoms with Gasteiger partial charge in [-0.1, -0.05) is 24.3 Å². The highest BCUT2D eigenvalue weighted by Crippen LogP contribution is 2.25. The summed E-state index contributed by atoms with van der Waals surface area (Å²) in [6.07, 6.45) is 0. The molecule has 3 aromatic rings. The number of carbonyl (C=O) groups excluding carboxylic acids is 1. The minimum absolute atomic E-state index is 0.197. The van der Waals surface area contributed by atoms with E-state index in [0.29, 0.717) is 12.4 Å². The molecule has 0 aliphatic carbocycles. The second-order valence-corrected chi connectivity index (χ2v) is 7.28. The summed E-state index contributed by atoms with van der Waals surface area (Å²) in [6, 6.07) is 13.7. The molecule has 140 valence electrons. The molecule has 3 heterocycles. The fourth-order valence-corrected chi connectivity index (χ4v) is 3.76. The molecule has 1 amide bonds.